The molecule has 0 fully saturated rings. The van der Waals surface area contributed by atoms with Gasteiger partial charge in [-0.05, 0) is 30.2 Å². The molecule has 0 amide bonds. The Kier molecular flexibility index (Phi) is 4.59. The molecule has 0 spiro atoms. The zero-order valence-corrected chi connectivity index (χ0v) is 11.2. The maximum atomic E-state index is 5.72. The smallest absolute Gasteiger partial charge is 0.129 e. The summed E-state index contributed by atoms with van der Waals surface area (Å²) in [6, 6.07) is 11.9. The van der Waals surface area contributed by atoms with Crippen LogP contribution in [-0.2, 0) is 13.0 Å². The van der Waals surface area contributed by atoms with E-state index in [1.165, 1.54) is 5.56 Å². The number of nitrogens with zero attached hydrogens (tertiary/aromatic N) is 1. The van der Waals surface area contributed by atoms with Crippen molar-refractivity contribution < 1.29 is 4.74 Å². The van der Waals surface area contributed by atoms with Crippen LogP contribution in [0.4, 0.5) is 0 Å². The summed E-state index contributed by atoms with van der Waals surface area (Å²) in [6.45, 7) is 2.69. The van der Waals surface area contributed by atoms with Crippen LogP contribution in [0.15, 0.2) is 42.6 Å². The molecule has 94 valence electrons. The van der Waals surface area contributed by atoms with Gasteiger partial charge in [0.25, 0.3) is 0 Å². The van der Waals surface area contributed by atoms with E-state index < -0.39 is 0 Å². The predicted octanol–water partition coefficient (Wildman–Crippen LogP) is 4.27. The van der Waals surface area contributed by atoms with E-state index in [4.69, 9.17) is 16.3 Å². The summed E-state index contributed by atoms with van der Waals surface area (Å²) < 4.78 is 5.68. The molecule has 0 saturated carbocycles. The lowest BCUT2D eigenvalue weighted by Gasteiger charge is -2.07. The van der Waals surface area contributed by atoms with Gasteiger partial charge in [0.1, 0.15) is 17.5 Å². The average Bonchev–Trinajstić information content (AvgIpc) is 2.40. The van der Waals surface area contributed by atoms with Crippen molar-refractivity contribution in [1.29, 1.82) is 0 Å². The number of aryl methyl sites for hydroxylation is 1. The van der Waals surface area contributed by atoms with E-state index in [0.29, 0.717) is 11.8 Å². The van der Waals surface area contributed by atoms with E-state index in [1.54, 1.807) is 12.3 Å². The second-order valence-electron chi connectivity index (χ2n) is 4.17. The van der Waals surface area contributed by atoms with E-state index in [9.17, 15) is 0 Å². The number of hydrogen-bond acceptors (Lipinski definition) is 2. The Morgan fingerprint density at radius 1 is 1.06 bits per heavy atom. The van der Waals surface area contributed by atoms with Gasteiger partial charge < -0.3 is 4.74 Å². The van der Waals surface area contributed by atoms with Gasteiger partial charge in [-0.25, -0.2) is 4.98 Å². The standard InChI is InChI=1S/C15H16ClNO/c1-2-3-12-4-7-14(8-5-12)18-11-13-6-9-15(16)17-10-13/h4-10H,2-3,11H2,1H3. The van der Waals surface area contributed by atoms with Crippen LogP contribution < -0.4 is 4.74 Å². The molecule has 0 radical (unpaired) electrons. The lowest BCUT2D eigenvalue weighted by molar-refractivity contribution is 0.305. The van der Waals surface area contributed by atoms with Crippen molar-refractivity contribution in [3.8, 4) is 5.75 Å². The number of ether oxygens (including phenoxy) is 1. The first-order valence-corrected chi connectivity index (χ1v) is 6.48. The molecular weight excluding hydrogens is 246 g/mol. The number of benzene rings is 1. The SMILES string of the molecule is CCCc1ccc(OCc2ccc(Cl)nc2)cc1. The minimum absolute atomic E-state index is 0.502. The molecule has 0 saturated heterocycles. The van der Waals surface area contributed by atoms with E-state index in [-0.39, 0.29) is 0 Å². The fourth-order valence-electron chi connectivity index (χ4n) is 1.70. The fraction of sp³-hybridized carbons (Fsp3) is 0.267. The summed E-state index contributed by atoms with van der Waals surface area (Å²) in [7, 11) is 0. The first-order valence-electron chi connectivity index (χ1n) is 6.10. The quantitative estimate of drug-likeness (QED) is 0.750. The molecule has 3 heteroatoms. The van der Waals surface area contributed by atoms with Crippen LogP contribution in [0, 0.1) is 0 Å². The van der Waals surface area contributed by atoms with Crippen LogP contribution in [0.5, 0.6) is 5.75 Å². The molecule has 2 rings (SSSR count). The van der Waals surface area contributed by atoms with Crippen molar-refractivity contribution in [2.45, 2.75) is 26.4 Å². The number of halogens is 1. The summed E-state index contributed by atoms with van der Waals surface area (Å²) in [6.07, 6.45) is 4.01. The number of rotatable bonds is 5. The van der Waals surface area contributed by atoms with Crippen LogP contribution in [0.25, 0.3) is 0 Å². The minimum atomic E-state index is 0.502. The fourth-order valence-corrected chi connectivity index (χ4v) is 1.81. The van der Waals surface area contributed by atoms with E-state index in [0.717, 1.165) is 24.2 Å². The average molecular weight is 262 g/mol. The Morgan fingerprint density at radius 3 is 2.39 bits per heavy atom. The van der Waals surface area contributed by atoms with E-state index in [2.05, 4.69) is 24.0 Å². The second kappa shape index (κ2) is 6.41. The van der Waals surface area contributed by atoms with Gasteiger partial charge in [-0.3, -0.25) is 0 Å². The van der Waals surface area contributed by atoms with Crippen molar-refractivity contribution in [1.82, 2.24) is 4.98 Å². The van der Waals surface area contributed by atoms with Crippen molar-refractivity contribution in [3.63, 3.8) is 0 Å². The molecule has 0 aliphatic carbocycles. The van der Waals surface area contributed by atoms with Gasteiger partial charge in [0.05, 0.1) is 0 Å². The molecule has 0 N–H and O–H groups in total. The number of pyridine rings is 1. The van der Waals surface area contributed by atoms with Gasteiger partial charge in [0, 0.05) is 11.8 Å². The molecule has 18 heavy (non-hydrogen) atoms. The summed E-state index contributed by atoms with van der Waals surface area (Å²) >= 11 is 5.72. The van der Waals surface area contributed by atoms with Gasteiger partial charge in [0.15, 0.2) is 0 Å². The number of aromatic nitrogens is 1. The Hall–Kier alpha value is -1.54. The summed E-state index contributed by atoms with van der Waals surface area (Å²) in [5.41, 5.74) is 2.36. The Labute approximate surface area is 113 Å². The van der Waals surface area contributed by atoms with Gasteiger partial charge in [0.2, 0.25) is 0 Å². The van der Waals surface area contributed by atoms with Crippen molar-refractivity contribution >= 4 is 11.6 Å². The molecule has 1 aromatic carbocycles. The maximum Gasteiger partial charge on any atom is 0.129 e. The van der Waals surface area contributed by atoms with Crippen LogP contribution in [0.3, 0.4) is 0 Å². The summed E-state index contributed by atoms with van der Waals surface area (Å²) in [5, 5.41) is 0.502. The highest BCUT2D eigenvalue weighted by atomic mass is 35.5. The van der Waals surface area contributed by atoms with E-state index in [1.807, 2.05) is 18.2 Å². The van der Waals surface area contributed by atoms with Gasteiger partial charge in [-0.2, -0.15) is 0 Å². The third-order valence-electron chi connectivity index (χ3n) is 2.66. The lowest BCUT2D eigenvalue weighted by Crippen LogP contribution is -1.96. The summed E-state index contributed by atoms with van der Waals surface area (Å²) in [5.74, 6) is 0.879. The number of hydrogen-bond donors (Lipinski definition) is 0. The molecule has 0 aliphatic heterocycles. The zero-order valence-electron chi connectivity index (χ0n) is 10.4. The van der Waals surface area contributed by atoms with Crippen molar-refractivity contribution in [3.05, 3.63) is 58.9 Å². The third-order valence-corrected chi connectivity index (χ3v) is 2.88. The molecule has 2 aromatic rings. The Bertz CT molecular complexity index is 479. The molecule has 0 atom stereocenters. The van der Waals surface area contributed by atoms with Gasteiger partial charge in [-0.1, -0.05) is 43.1 Å². The molecular formula is C15H16ClNO. The minimum Gasteiger partial charge on any atom is -0.489 e. The first-order chi connectivity index (χ1) is 8.78. The predicted molar refractivity (Wildman–Crippen MR) is 74.0 cm³/mol. The van der Waals surface area contributed by atoms with Crippen LogP contribution >= 0.6 is 11.6 Å². The topological polar surface area (TPSA) is 22.1 Å². The zero-order chi connectivity index (χ0) is 12.8. The van der Waals surface area contributed by atoms with Crippen LogP contribution in [-0.4, -0.2) is 4.98 Å². The normalized spacial score (nSPS) is 10.3. The molecule has 1 heterocycles. The summed E-state index contributed by atoms with van der Waals surface area (Å²) in [4.78, 5) is 4.02. The van der Waals surface area contributed by atoms with Gasteiger partial charge in [-0.15, -0.1) is 0 Å². The molecule has 0 aliphatic rings. The highest BCUT2D eigenvalue weighted by Crippen LogP contribution is 2.15. The van der Waals surface area contributed by atoms with Crippen molar-refractivity contribution in [2.75, 3.05) is 0 Å². The van der Waals surface area contributed by atoms with Gasteiger partial charge >= 0.3 is 0 Å². The highest BCUT2D eigenvalue weighted by molar-refractivity contribution is 6.29. The molecule has 0 unspecified atom stereocenters. The molecule has 1 aromatic heterocycles. The third kappa shape index (κ3) is 3.74. The largest absolute Gasteiger partial charge is 0.489 e. The van der Waals surface area contributed by atoms with Crippen molar-refractivity contribution in [2.24, 2.45) is 0 Å². The maximum absolute atomic E-state index is 5.72. The molecule has 2 nitrogen and oxygen atoms in total. The Morgan fingerprint density at radius 2 is 1.78 bits per heavy atom. The van der Waals surface area contributed by atoms with Crippen LogP contribution in [0.2, 0.25) is 5.15 Å². The second-order valence-corrected chi connectivity index (χ2v) is 4.56. The van der Waals surface area contributed by atoms with E-state index >= 15 is 0 Å². The Balaban J connectivity index is 1.91. The van der Waals surface area contributed by atoms with Crippen LogP contribution in [0.1, 0.15) is 24.5 Å². The molecule has 0 bridgehead atoms. The lowest BCUT2D eigenvalue weighted by atomic mass is 10.1. The monoisotopic (exact) mass is 261 g/mol. The first kappa shape index (κ1) is 12.9. The highest BCUT2D eigenvalue weighted by Gasteiger charge is 1.98.